The first-order valence-electron chi connectivity index (χ1n) is 9.90. The Morgan fingerprint density at radius 2 is 1.70 bits per heavy atom. The smallest absolute Gasteiger partial charge is 0.449 e. The topological polar surface area (TPSA) is 47.4 Å². The fourth-order valence-corrected chi connectivity index (χ4v) is 3.85. The van der Waals surface area contributed by atoms with Gasteiger partial charge in [-0.3, -0.25) is 4.79 Å². The molecule has 4 rings (SSSR count). The van der Waals surface area contributed by atoms with Crippen molar-refractivity contribution < 1.29 is 22.7 Å². The van der Waals surface area contributed by atoms with Gasteiger partial charge in [0.15, 0.2) is 6.61 Å². The van der Waals surface area contributed by atoms with Crippen LogP contribution in [0.5, 0.6) is 5.75 Å². The molecule has 0 unspecified atom stereocenters. The van der Waals surface area contributed by atoms with Gasteiger partial charge in [0.2, 0.25) is 5.82 Å². The van der Waals surface area contributed by atoms with Crippen molar-refractivity contribution in [3.8, 4) is 5.75 Å². The highest BCUT2D eigenvalue weighted by molar-refractivity contribution is 5.78. The molecule has 1 amide bonds. The van der Waals surface area contributed by atoms with Gasteiger partial charge in [0.05, 0.1) is 11.0 Å². The number of amides is 1. The Bertz CT molecular complexity index is 1010. The summed E-state index contributed by atoms with van der Waals surface area (Å²) >= 11 is 0. The van der Waals surface area contributed by atoms with E-state index in [2.05, 4.69) is 4.98 Å². The van der Waals surface area contributed by atoms with E-state index in [0.29, 0.717) is 42.7 Å². The Morgan fingerprint density at radius 3 is 2.40 bits per heavy atom. The number of likely N-dealkylation sites (tertiary alicyclic amines) is 1. The fraction of sp³-hybridized carbons (Fsp3) is 0.364. The number of benzene rings is 2. The number of alkyl halides is 3. The summed E-state index contributed by atoms with van der Waals surface area (Å²) in [4.78, 5) is 17.9. The second-order valence-corrected chi connectivity index (χ2v) is 7.46. The third-order valence-corrected chi connectivity index (χ3v) is 5.42. The number of piperidine rings is 1. The predicted octanol–water partition coefficient (Wildman–Crippen LogP) is 4.37. The van der Waals surface area contributed by atoms with Crippen LogP contribution in [-0.2, 0) is 17.5 Å². The molecule has 1 saturated heterocycles. The molecule has 2 aromatic carbocycles. The van der Waals surface area contributed by atoms with E-state index in [-0.39, 0.29) is 25.0 Å². The number of aromatic nitrogens is 2. The number of para-hydroxylation sites is 3. The van der Waals surface area contributed by atoms with E-state index in [1.807, 2.05) is 18.2 Å². The number of imidazole rings is 1. The monoisotopic (exact) mass is 417 g/mol. The van der Waals surface area contributed by atoms with Gasteiger partial charge in [-0.1, -0.05) is 30.3 Å². The third kappa shape index (κ3) is 4.42. The molecule has 2 heterocycles. The molecule has 8 heteroatoms. The lowest BCUT2D eigenvalue weighted by Gasteiger charge is -2.32. The molecule has 0 atom stereocenters. The molecule has 1 fully saturated rings. The fourth-order valence-electron chi connectivity index (χ4n) is 3.85. The van der Waals surface area contributed by atoms with Gasteiger partial charge in [0.25, 0.3) is 5.91 Å². The second kappa shape index (κ2) is 8.38. The second-order valence-electron chi connectivity index (χ2n) is 7.46. The maximum absolute atomic E-state index is 13.5. The highest BCUT2D eigenvalue weighted by Crippen LogP contribution is 2.33. The van der Waals surface area contributed by atoms with Crippen molar-refractivity contribution in [2.75, 3.05) is 19.7 Å². The summed E-state index contributed by atoms with van der Waals surface area (Å²) in [5.41, 5.74) is 0.829. The van der Waals surface area contributed by atoms with Crippen molar-refractivity contribution in [1.29, 1.82) is 0 Å². The molecule has 0 aliphatic carbocycles. The first kappa shape index (κ1) is 20.3. The molecular formula is C22H22F3N3O2. The molecular weight excluding hydrogens is 395 g/mol. The minimum atomic E-state index is -4.51. The molecule has 0 bridgehead atoms. The van der Waals surface area contributed by atoms with Crippen LogP contribution in [0, 0.1) is 5.92 Å². The summed E-state index contributed by atoms with van der Waals surface area (Å²) in [6, 6.07) is 15.8. The summed E-state index contributed by atoms with van der Waals surface area (Å²) < 4.78 is 47.2. The molecule has 0 N–H and O–H groups in total. The van der Waals surface area contributed by atoms with Crippen LogP contribution in [0.3, 0.4) is 0 Å². The molecule has 1 aliphatic rings. The van der Waals surface area contributed by atoms with E-state index in [0.717, 1.165) is 0 Å². The van der Waals surface area contributed by atoms with E-state index < -0.39 is 12.0 Å². The van der Waals surface area contributed by atoms with E-state index in [1.165, 1.54) is 4.57 Å². The SMILES string of the molecule is O=C(COc1ccccc1)N1CCC(Cn2c(C(F)(F)F)nc3ccccc32)CC1. The Hall–Kier alpha value is -3.03. The molecule has 1 aromatic heterocycles. The van der Waals surface area contributed by atoms with Gasteiger partial charge in [-0.25, -0.2) is 4.98 Å². The zero-order chi connectivity index (χ0) is 21.1. The van der Waals surface area contributed by atoms with Crippen LogP contribution < -0.4 is 4.74 Å². The highest BCUT2D eigenvalue weighted by Gasteiger charge is 2.38. The molecule has 3 aromatic rings. The molecule has 5 nitrogen and oxygen atoms in total. The van der Waals surface area contributed by atoms with Crippen molar-refractivity contribution in [2.24, 2.45) is 5.92 Å². The van der Waals surface area contributed by atoms with Crippen molar-refractivity contribution >= 4 is 16.9 Å². The minimum Gasteiger partial charge on any atom is -0.484 e. The van der Waals surface area contributed by atoms with Crippen molar-refractivity contribution in [1.82, 2.24) is 14.5 Å². The minimum absolute atomic E-state index is 0.0426. The standard InChI is InChI=1S/C22H22F3N3O2/c23-22(24,25)21-26-18-8-4-5-9-19(18)28(21)14-16-10-12-27(13-11-16)20(29)15-30-17-6-2-1-3-7-17/h1-9,16H,10-15H2. The zero-order valence-corrected chi connectivity index (χ0v) is 16.3. The first-order valence-corrected chi connectivity index (χ1v) is 9.90. The van der Waals surface area contributed by atoms with Crippen molar-refractivity contribution in [3.05, 3.63) is 60.4 Å². The lowest BCUT2D eigenvalue weighted by Crippen LogP contribution is -2.41. The van der Waals surface area contributed by atoms with Crippen LogP contribution in [0.4, 0.5) is 13.2 Å². The predicted molar refractivity (Wildman–Crippen MR) is 106 cm³/mol. The largest absolute Gasteiger partial charge is 0.484 e. The number of rotatable bonds is 5. The van der Waals surface area contributed by atoms with Crippen molar-refractivity contribution in [2.45, 2.75) is 25.6 Å². The van der Waals surface area contributed by atoms with E-state index in [4.69, 9.17) is 4.74 Å². The zero-order valence-electron chi connectivity index (χ0n) is 16.3. The summed E-state index contributed by atoms with van der Waals surface area (Å²) in [5, 5.41) is 0. The lowest BCUT2D eigenvalue weighted by molar-refractivity contribution is -0.147. The average Bonchev–Trinajstić information content (AvgIpc) is 3.12. The van der Waals surface area contributed by atoms with Gasteiger partial charge >= 0.3 is 6.18 Å². The third-order valence-electron chi connectivity index (χ3n) is 5.42. The first-order chi connectivity index (χ1) is 14.4. The van der Waals surface area contributed by atoms with Gasteiger partial charge in [0, 0.05) is 19.6 Å². The van der Waals surface area contributed by atoms with E-state index in [1.54, 1.807) is 41.3 Å². The van der Waals surface area contributed by atoms with Gasteiger partial charge < -0.3 is 14.2 Å². The molecule has 0 radical (unpaired) electrons. The molecule has 158 valence electrons. The number of fused-ring (bicyclic) bond motifs is 1. The van der Waals surface area contributed by atoms with Gasteiger partial charge in [-0.05, 0) is 43.0 Å². The Kier molecular flexibility index (Phi) is 5.65. The number of halogens is 3. The summed E-state index contributed by atoms with van der Waals surface area (Å²) in [5.74, 6) is -0.296. The number of hydrogen-bond donors (Lipinski definition) is 0. The molecule has 1 aliphatic heterocycles. The van der Waals surface area contributed by atoms with Crippen molar-refractivity contribution in [3.63, 3.8) is 0 Å². The average molecular weight is 417 g/mol. The summed E-state index contributed by atoms with van der Waals surface area (Å²) in [7, 11) is 0. The van der Waals surface area contributed by atoms with Gasteiger partial charge in [-0.15, -0.1) is 0 Å². The van der Waals surface area contributed by atoms with Crippen LogP contribution >= 0.6 is 0 Å². The molecule has 30 heavy (non-hydrogen) atoms. The number of hydrogen-bond acceptors (Lipinski definition) is 3. The number of ether oxygens (including phenoxy) is 1. The lowest BCUT2D eigenvalue weighted by atomic mass is 9.96. The van der Waals surface area contributed by atoms with Gasteiger partial charge in [-0.2, -0.15) is 13.2 Å². The van der Waals surface area contributed by atoms with Crippen LogP contribution in [0.15, 0.2) is 54.6 Å². The normalized spacial score (nSPS) is 15.5. The summed E-state index contributed by atoms with van der Waals surface area (Å²) in [6.45, 7) is 1.21. The van der Waals surface area contributed by atoms with Gasteiger partial charge in [0.1, 0.15) is 5.75 Å². The Balaban J connectivity index is 1.38. The van der Waals surface area contributed by atoms with Crippen LogP contribution in [-0.4, -0.2) is 40.1 Å². The highest BCUT2D eigenvalue weighted by atomic mass is 19.4. The summed E-state index contributed by atoms with van der Waals surface area (Å²) in [6.07, 6.45) is -3.23. The van der Waals surface area contributed by atoms with Crippen LogP contribution in [0.1, 0.15) is 18.7 Å². The maximum Gasteiger partial charge on any atom is 0.449 e. The van der Waals surface area contributed by atoms with Crippen LogP contribution in [0.2, 0.25) is 0 Å². The number of carbonyl (C=O) groups excluding carboxylic acids is 1. The maximum atomic E-state index is 13.5. The van der Waals surface area contributed by atoms with Crippen LogP contribution in [0.25, 0.3) is 11.0 Å². The van der Waals surface area contributed by atoms with E-state index >= 15 is 0 Å². The van der Waals surface area contributed by atoms with E-state index in [9.17, 15) is 18.0 Å². The molecule has 0 spiro atoms. The molecule has 0 saturated carbocycles. The Labute approximate surface area is 172 Å². The number of carbonyl (C=O) groups is 1. The quantitative estimate of drug-likeness (QED) is 0.619. The number of nitrogens with zero attached hydrogens (tertiary/aromatic N) is 3. The Morgan fingerprint density at radius 1 is 1.03 bits per heavy atom.